The number of aryl methyl sites for hydroxylation is 1. The fourth-order valence-electron chi connectivity index (χ4n) is 1.97. The molecule has 1 aromatic rings. The third kappa shape index (κ3) is 4.15. The first-order chi connectivity index (χ1) is 8.58. The minimum absolute atomic E-state index is 0.165. The average Bonchev–Trinajstić information content (AvgIpc) is 2.39. The molecule has 0 aliphatic heterocycles. The first-order valence-corrected chi connectivity index (χ1v) is 6.57. The van der Waals surface area contributed by atoms with E-state index in [-0.39, 0.29) is 11.8 Å². The van der Waals surface area contributed by atoms with Crippen LogP contribution in [0.4, 0.5) is 0 Å². The van der Waals surface area contributed by atoms with Crippen LogP contribution in [0.15, 0.2) is 24.3 Å². The summed E-state index contributed by atoms with van der Waals surface area (Å²) >= 11 is 0. The van der Waals surface area contributed by atoms with Crippen LogP contribution in [0.5, 0.6) is 0 Å². The van der Waals surface area contributed by atoms with E-state index < -0.39 is 0 Å². The summed E-state index contributed by atoms with van der Waals surface area (Å²) in [6, 6.07) is 8.56. The van der Waals surface area contributed by atoms with E-state index in [2.05, 4.69) is 31.2 Å². The van der Waals surface area contributed by atoms with E-state index in [9.17, 15) is 4.79 Å². The maximum Gasteiger partial charge on any atom is 0.222 e. The summed E-state index contributed by atoms with van der Waals surface area (Å²) in [7, 11) is 3.58. The van der Waals surface area contributed by atoms with Crippen LogP contribution < -0.4 is 5.73 Å². The second kappa shape index (κ2) is 7.17. The Hall–Kier alpha value is -1.35. The van der Waals surface area contributed by atoms with Crippen molar-refractivity contribution in [1.82, 2.24) is 4.90 Å². The molecule has 0 spiro atoms. The number of rotatable bonds is 6. The Morgan fingerprint density at radius 3 is 2.33 bits per heavy atom. The lowest BCUT2D eigenvalue weighted by Crippen LogP contribution is -2.23. The van der Waals surface area contributed by atoms with E-state index in [0.717, 1.165) is 12.8 Å². The molecule has 1 atom stereocenters. The fourth-order valence-corrected chi connectivity index (χ4v) is 1.97. The van der Waals surface area contributed by atoms with Crippen LogP contribution in [0.3, 0.4) is 0 Å². The summed E-state index contributed by atoms with van der Waals surface area (Å²) in [5.41, 5.74) is 8.38. The van der Waals surface area contributed by atoms with Crippen molar-refractivity contribution in [2.75, 3.05) is 20.6 Å². The van der Waals surface area contributed by atoms with Gasteiger partial charge >= 0.3 is 0 Å². The highest BCUT2D eigenvalue weighted by molar-refractivity contribution is 5.75. The molecule has 0 radical (unpaired) electrons. The molecule has 0 saturated heterocycles. The van der Waals surface area contributed by atoms with Crippen molar-refractivity contribution in [3.63, 3.8) is 0 Å². The molecule has 1 amide bonds. The molecule has 2 N–H and O–H groups in total. The second-order valence-corrected chi connectivity index (χ2v) is 4.85. The third-order valence-electron chi connectivity index (χ3n) is 3.35. The van der Waals surface area contributed by atoms with Gasteiger partial charge in [0.1, 0.15) is 0 Å². The van der Waals surface area contributed by atoms with Crippen LogP contribution in [0, 0.1) is 0 Å². The number of nitrogens with two attached hydrogens (primary N) is 1. The molecule has 0 bridgehead atoms. The Morgan fingerprint density at radius 1 is 1.28 bits per heavy atom. The van der Waals surface area contributed by atoms with E-state index in [1.807, 2.05) is 0 Å². The van der Waals surface area contributed by atoms with Gasteiger partial charge in [-0.1, -0.05) is 31.2 Å². The van der Waals surface area contributed by atoms with Crippen molar-refractivity contribution >= 4 is 5.91 Å². The van der Waals surface area contributed by atoms with Gasteiger partial charge in [-0.15, -0.1) is 0 Å². The molecule has 0 heterocycles. The molecule has 100 valence electrons. The van der Waals surface area contributed by atoms with Gasteiger partial charge in [0, 0.05) is 20.5 Å². The lowest BCUT2D eigenvalue weighted by atomic mass is 9.93. The van der Waals surface area contributed by atoms with Crippen LogP contribution in [0.1, 0.15) is 36.8 Å². The molecular weight excluding hydrogens is 224 g/mol. The number of carbonyl (C=O) groups excluding carboxylic acids is 1. The monoisotopic (exact) mass is 248 g/mol. The smallest absolute Gasteiger partial charge is 0.222 e. The SMILES string of the molecule is CCc1ccc(C(CN)CCC(=O)N(C)C)cc1. The van der Waals surface area contributed by atoms with Gasteiger partial charge in [-0.2, -0.15) is 0 Å². The molecule has 1 unspecified atom stereocenters. The molecular formula is C15H24N2O. The van der Waals surface area contributed by atoms with Crippen LogP contribution in [-0.4, -0.2) is 31.4 Å². The molecule has 0 saturated carbocycles. The fraction of sp³-hybridized carbons (Fsp3) is 0.533. The molecule has 18 heavy (non-hydrogen) atoms. The summed E-state index contributed by atoms with van der Waals surface area (Å²) in [5.74, 6) is 0.443. The van der Waals surface area contributed by atoms with Crippen molar-refractivity contribution in [3.8, 4) is 0 Å². The van der Waals surface area contributed by atoms with Crippen molar-refractivity contribution in [2.24, 2.45) is 5.73 Å². The summed E-state index contributed by atoms with van der Waals surface area (Å²) in [4.78, 5) is 13.2. The third-order valence-corrected chi connectivity index (χ3v) is 3.35. The van der Waals surface area contributed by atoms with Crippen LogP contribution >= 0.6 is 0 Å². The number of amides is 1. The van der Waals surface area contributed by atoms with Crippen molar-refractivity contribution in [2.45, 2.75) is 32.1 Å². The highest BCUT2D eigenvalue weighted by atomic mass is 16.2. The normalized spacial score (nSPS) is 12.2. The number of hydrogen-bond donors (Lipinski definition) is 1. The highest BCUT2D eigenvalue weighted by Crippen LogP contribution is 2.21. The summed E-state index contributed by atoms with van der Waals surface area (Å²) in [6.07, 6.45) is 2.43. The highest BCUT2D eigenvalue weighted by Gasteiger charge is 2.13. The van der Waals surface area contributed by atoms with Crippen molar-refractivity contribution in [3.05, 3.63) is 35.4 Å². The number of carbonyl (C=O) groups is 1. The summed E-state index contributed by atoms with van der Waals surface area (Å²) in [6.45, 7) is 2.73. The molecule has 0 aliphatic carbocycles. The zero-order chi connectivity index (χ0) is 13.5. The Bertz CT molecular complexity index is 371. The number of benzene rings is 1. The van der Waals surface area contributed by atoms with Crippen LogP contribution in [0.2, 0.25) is 0 Å². The lowest BCUT2D eigenvalue weighted by Gasteiger charge is -2.17. The van der Waals surface area contributed by atoms with Gasteiger partial charge in [-0.25, -0.2) is 0 Å². The Labute approximate surface area is 110 Å². The predicted octanol–water partition coefficient (Wildman–Crippen LogP) is 2.16. The standard InChI is InChI=1S/C15H24N2O/c1-4-12-5-7-13(8-6-12)14(11-16)9-10-15(18)17(2)3/h5-8,14H,4,9-11,16H2,1-3H3. The average molecular weight is 248 g/mol. The molecule has 1 aromatic carbocycles. The van der Waals surface area contributed by atoms with Gasteiger partial charge in [-0.05, 0) is 36.4 Å². The maximum atomic E-state index is 11.6. The first-order valence-electron chi connectivity index (χ1n) is 6.57. The van der Waals surface area contributed by atoms with Crippen LogP contribution in [0.25, 0.3) is 0 Å². The van der Waals surface area contributed by atoms with Gasteiger partial charge in [0.2, 0.25) is 5.91 Å². The molecule has 0 fully saturated rings. The molecule has 1 rings (SSSR count). The first kappa shape index (κ1) is 14.7. The van der Waals surface area contributed by atoms with Crippen molar-refractivity contribution < 1.29 is 4.79 Å². The van der Waals surface area contributed by atoms with Crippen molar-refractivity contribution in [1.29, 1.82) is 0 Å². The van der Waals surface area contributed by atoms with E-state index in [0.29, 0.717) is 13.0 Å². The van der Waals surface area contributed by atoms with Gasteiger partial charge in [0.25, 0.3) is 0 Å². The van der Waals surface area contributed by atoms with E-state index in [4.69, 9.17) is 5.73 Å². The Balaban J connectivity index is 2.62. The molecule has 0 aliphatic rings. The predicted molar refractivity (Wildman–Crippen MR) is 75.5 cm³/mol. The minimum atomic E-state index is 0.165. The van der Waals surface area contributed by atoms with Crippen LogP contribution in [-0.2, 0) is 11.2 Å². The molecule has 3 heteroatoms. The van der Waals surface area contributed by atoms with Gasteiger partial charge < -0.3 is 10.6 Å². The number of hydrogen-bond acceptors (Lipinski definition) is 2. The van der Waals surface area contributed by atoms with E-state index in [1.165, 1.54) is 11.1 Å². The zero-order valence-electron chi connectivity index (χ0n) is 11.6. The van der Waals surface area contributed by atoms with Gasteiger partial charge in [-0.3, -0.25) is 4.79 Å². The zero-order valence-corrected chi connectivity index (χ0v) is 11.6. The molecule has 0 aromatic heterocycles. The van der Waals surface area contributed by atoms with E-state index in [1.54, 1.807) is 19.0 Å². The summed E-state index contributed by atoms with van der Waals surface area (Å²) < 4.78 is 0. The minimum Gasteiger partial charge on any atom is -0.349 e. The summed E-state index contributed by atoms with van der Waals surface area (Å²) in [5, 5.41) is 0. The number of nitrogens with zero attached hydrogens (tertiary/aromatic N) is 1. The lowest BCUT2D eigenvalue weighted by molar-refractivity contribution is -0.128. The van der Waals surface area contributed by atoms with Gasteiger partial charge in [0.05, 0.1) is 0 Å². The Morgan fingerprint density at radius 2 is 1.89 bits per heavy atom. The van der Waals surface area contributed by atoms with Gasteiger partial charge in [0.15, 0.2) is 0 Å². The Kier molecular flexibility index (Phi) is 5.86. The largest absolute Gasteiger partial charge is 0.349 e. The molecule has 3 nitrogen and oxygen atoms in total. The van der Waals surface area contributed by atoms with E-state index >= 15 is 0 Å². The second-order valence-electron chi connectivity index (χ2n) is 4.85. The quantitative estimate of drug-likeness (QED) is 0.838. The topological polar surface area (TPSA) is 46.3 Å². The maximum absolute atomic E-state index is 11.6.